The summed E-state index contributed by atoms with van der Waals surface area (Å²) in [6.45, 7) is 0.682. The van der Waals surface area contributed by atoms with Crippen LogP contribution < -0.4 is 11.1 Å². The molecular formula is C19H18N4O3. The molecule has 0 radical (unpaired) electrons. The van der Waals surface area contributed by atoms with Crippen molar-refractivity contribution in [3.8, 4) is 11.1 Å². The van der Waals surface area contributed by atoms with E-state index >= 15 is 0 Å². The van der Waals surface area contributed by atoms with Gasteiger partial charge in [-0.25, -0.2) is 0 Å². The lowest BCUT2D eigenvalue weighted by atomic mass is 9.97. The number of pyridine rings is 1. The highest BCUT2D eigenvalue weighted by molar-refractivity contribution is 6.06. The van der Waals surface area contributed by atoms with Gasteiger partial charge in [0, 0.05) is 31.3 Å². The third-order valence-electron chi connectivity index (χ3n) is 4.92. The van der Waals surface area contributed by atoms with Crippen LogP contribution in [0.15, 0.2) is 36.5 Å². The Labute approximate surface area is 150 Å². The maximum absolute atomic E-state index is 12.9. The minimum Gasteiger partial charge on any atom is -0.325 e. The topological polar surface area (TPSA) is 105 Å². The second-order valence-corrected chi connectivity index (χ2v) is 6.47. The number of benzene rings is 1. The summed E-state index contributed by atoms with van der Waals surface area (Å²) in [5.41, 5.74) is 9.81. The zero-order valence-electron chi connectivity index (χ0n) is 14.1. The molecule has 0 bridgehead atoms. The van der Waals surface area contributed by atoms with E-state index in [0.717, 1.165) is 22.4 Å². The van der Waals surface area contributed by atoms with Crippen LogP contribution in [0.3, 0.4) is 0 Å². The van der Waals surface area contributed by atoms with Gasteiger partial charge in [-0.3, -0.25) is 24.7 Å². The summed E-state index contributed by atoms with van der Waals surface area (Å²) in [6, 6.07) is 8.75. The molecule has 2 aromatic rings. The number of nitrogens with two attached hydrogens (primary N) is 1. The molecule has 1 unspecified atom stereocenters. The van der Waals surface area contributed by atoms with E-state index in [2.05, 4.69) is 10.3 Å². The van der Waals surface area contributed by atoms with Crippen molar-refractivity contribution in [3.05, 3.63) is 53.3 Å². The molecule has 1 atom stereocenters. The summed E-state index contributed by atoms with van der Waals surface area (Å²) in [6.07, 6.45) is 2.30. The molecular weight excluding hydrogens is 332 g/mol. The third-order valence-corrected chi connectivity index (χ3v) is 4.92. The standard InChI is InChI=1S/C19H18N4O3/c20-9-12-8-11(6-7-21-12)13-2-1-3-14-15(13)10-23(19(14)26)16-4-5-17(24)22-18(16)25/h1-3,6-8,16H,4-5,9-10,20H2,(H,22,24,25). The Morgan fingerprint density at radius 1 is 1.19 bits per heavy atom. The Kier molecular flexibility index (Phi) is 4.00. The average molecular weight is 350 g/mol. The number of rotatable bonds is 3. The van der Waals surface area contributed by atoms with Crippen molar-refractivity contribution < 1.29 is 14.4 Å². The number of nitrogens with zero attached hydrogens (tertiary/aromatic N) is 2. The maximum Gasteiger partial charge on any atom is 0.255 e. The van der Waals surface area contributed by atoms with E-state index < -0.39 is 11.9 Å². The van der Waals surface area contributed by atoms with Crippen LogP contribution in [0, 0.1) is 0 Å². The summed E-state index contributed by atoms with van der Waals surface area (Å²) in [7, 11) is 0. The molecule has 1 aromatic carbocycles. The smallest absolute Gasteiger partial charge is 0.255 e. The Morgan fingerprint density at radius 2 is 2.00 bits per heavy atom. The van der Waals surface area contributed by atoms with Gasteiger partial charge in [0.05, 0.1) is 5.69 Å². The molecule has 4 rings (SSSR count). The second-order valence-electron chi connectivity index (χ2n) is 6.47. The second kappa shape index (κ2) is 6.34. The summed E-state index contributed by atoms with van der Waals surface area (Å²) in [5.74, 6) is -0.870. The first-order chi connectivity index (χ1) is 12.6. The van der Waals surface area contributed by atoms with E-state index in [9.17, 15) is 14.4 Å². The molecule has 1 fully saturated rings. The minimum atomic E-state index is -0.613. The average Bonchev–Trinajstić information content (AvgIpc) is 2.98. The molecule has 1 aromatic heterocycles. The van der Waals surface area contributed by atoms with E-state index in [1.807, 2.05) is 24.3 Å². The lowest BCUT2D eigenvalue weighted by molar-refractivity contribution is -0.136. The fraction of sp³-hybridized carbons (Fsp3) is 0.263. The third kappa shape index (κ3) is 2.66. The van der Waals surface area contributed by atoms with Crippen LogP contribution in [0.1, 0.15) is 34.5 Å². The first-order valence-corrected chi connectivity index (χ1v) is 8.50. The first-order valence-electron chi connectivity index (χ1n) is 8.50. The molecule has 7 heteroatoms. The fourth-order valence-corrected chi connectivity index (χ4v) is 3.61. The van der Waals surface area contributed by atoms with Crippen molar-refractivity contribution in [1.82, 2.24) is 15.2 Å². The number of carbonyl (C=O) groups is 3. The van der Waals surface area contributed by atoms with Gasteiger partial charge < -0.3 is 10.6 Å². The van der Waals surface area contributed by atoms with Gasteiger partial charge in [-0.2, -0.15) is 0 Å². The Hall–Kier alpha value is -3.06. The van der Waals surface area contributed by atoms with Gasteiger partial charge in [0.1, 0.15) is 6.04 Å². The maximum atomic E-state index is 12.9. The van der Waals surface area contributed by atoms with Crippen LogP contribution in [0.5, 0.6) is 0 Å². The van der Waals surface area contributed by atoms with Gasteiger partial charge in [0.25, 0.3) is 5.91 Å². The summed E-state index contributed by atoms with van der Waals surface area (Å²) in [5, 5.41) is 2.32. The minimum absolute atomic E-state index is 0.176. The zero-order valence-corrected chi connectivity index (χ0v) is 14.1. The number of nitrogens with one attached hydrogen (secondary N) is 1. The monoisotopic (exact) mass is 350 g/mol. The summed E-state index contributed by atoms with van der Waals surface area (Å²) in [4.78, 5) is 42.2. The predicted molar refractivity (Wildman–Crippen MR) is 93.6 cm³/mol. The Morgan fingerprint density at radius 3 is 2.77 bits per heavy atom. The number of piperidine rings is 1. The Bertz CT molecular complexity index is 925. The molecule has 0 aliphatic carbocycles. The van der Waals surface area contributed by atoms with Gasteiger partial charge in [-0.1, -0.05) is 12.1 Å². The van der Waals surface area contributed by atoms with Gasteiger partial charge >= 0.3 is 0 Å². The number of fused-ring (bicyclic) bond motifs is 1. The van der Waals surface area contributed by atoms with Gasteiger partial charge in [0.2, 0.25) is 11.8 Å². The van der Waals surface area contributed by atoms with Gasteiger partial charge in [-0.05, 0) is 41.3 Å². The lowest BCUT2D eigenvalue weighted by Gasteiger charge is -2.29. The highest BCUT2D eigenvalue weighted by Crippen LogP contribution is 2.34. The van der Waals surface area contributed by atoms with E-state index in [-0.39, 0.29) is 18.2 Å². The first kappa shape index (κ1) is 16.4. The van der Waals surface area contributed by atoms with Crippen molar-refractivity contribution in [2.45, 2.75) is 32.0 Å². The summed E-state index contributed by atoms with van der Waals surface area (Å²) >= 11 is 0. The van der Waals surface area contributed by atoms with Crippen LogP contribution >= 0.6 is 0 Å². The predicted octanol–water partition coefficient (Wildman–Crippen LogP) is 0.968. The van der Waals surface area contributed by atoms with Crippen LogP contribution in [-0.2, 0) is 22.7 Å². The van der Waals surface area contributed by atoms with Crippen LogP contribution in [0.4, 0.5) is 0 Å². The van der Waals surface area contributed by atoms with Crippen molar-refractivity contribution in [3.63, 3.8) is 0 Å². The molecule has 0 saturated carbocycles. The van der Waals surface area contributed by atoms with Crippen LogP contribution in [0.25, 0.3) is 11.1 Å². The van der Waals surface area contributed by atoms with E-state index in [1.54, 1.807) is 17.2 Å². The van der Waals surface area contributed by atoms with Crippen molar-refractivity contribution in [2.75, 3.05) is 0 Å². The lowest BCUT2D eigenvalue weighted by Crippen LogP contribution is -2.52. The van der Waals surface area contributed by atoms with E-state index in [4.69, 9.17) is 5.73 Å². The highest BCUT2D eigenvalue weighted by Gasteiger charge is 2.39. The number of imide groups is 1. The molecule has 2 aliphatic rings. The van der Waals surface area contributed by atoms with Crippen LogP contribution in [-0.4, -0.2) is 33.6 Å². The molecule has 1 saturated heterocycles. The molecule has 7 nitrogen and oxygen atoms in total. The number of carbonyl (C=O) groups excluding carboxylic acids is 3. The summed E-state index contributed by atoms with van der Waals surface area (Å²) < 4.78 is 0. The number of hydrogen-bond acceptors (Lipinski definition) is 5. The zero-order chi connectivity index (χ0) is 18.3. The van der Waals surface area contributed by atoms with Crippen molar-refractivity contribution in [1.29, 1.82) is 0 Å². The number of amides is 3. The molecule has 3 N–H and O–H groups in total. The quantitative estimate of drug-likeness (QED) is 0.803. The van der Waals surface area contributed by atoms with Crippen LogP contribution in [0.2, 0.25) is 0 Å². The van der Waals surface area contributed by atoms with E-state index in [1.165, 1.54) is 0 Å². The Balaban J connectivity index is 1.70. The molecule has 132 valence electrons. The molecule has 3 heterocycles. The van der Waals surface area contributed by atoms with Gasteiger partial charge in [-0.15, -0.1) is 0 Å². The normalized spacial score (nSPS) is 19.5. The molecule has 2 aliphatic heterocycles. The molecule has 3 amide bonds. The van der Waals surface area contributed by atoms with E-state index in [0.29, 0.717) is 25.1 Å². The number of aromatic nitrogens is 1. The largest absolute Gasteiger partial charge is 0.325 e. The highest BCUT2D eigenvalue weighted by atomic mass is 16.2. The molecule has 0 spiro atoms. The molecule has 26 heavy (non-hydrogen) atoms. The number of hydrogen-bond donors (Lipinski definition) is 2. The SMILES string of the molecule is NCc1cc(-c2cccc3c2CN(C2CCC(=O)NC2=O)C3=O)ccn1. The van der Waals surface area contributed by atoms with Crippen molar-refractivity contribution in [2.24, 2.45) is 5.73 Å². The fourth-order valence-electron chi connectivity index (χ4n) is 3.61. The van der Waals surface area contributed by atoms with Crippen molar-refractivity contribution >= 4 is 17.7 Å². The van der Waals surface area contributed by atoms with Gasteiger partial charge in [0.15, 0.2) is 0 Å².